The summed E-state index contributed by atoms with van der Waals surface area (Å²) in [5.41, 5.74) is 0.548. The van der Waals surface area contributed by atoms with Crippen molar-refractivity contribution in [2.75, 3.05) is 5.88 Å². The standard InChI is InChI=1S/C12H10ClNO4/c13-5-9(15)3-7-1-2-8(6-14)10(4-7)11(16)12(17)18/h1-2,4,11,16H,3,5H2,(H,17,18). The topological polar surface area (TPSA) is 98.4 Å². The van der Waals surface area contributed by atoms with Gasteiger partial charge in [-0.05, 0) is 11.6 Å². The molecule has 1 atom stereocenters. The molecule has 6 heteroatoms. The maximum Gasteiger partial charge on any atom is 0.337 e. The van der Waals surface area contributed by atoms with E-state index in [1.165, 1.54) is 18.2 Å². The zero-order valence-electron chi connectivity index (χ0n) is 9.26. The van der Waals surface area contributed by atoms with E-state index in [1.807, 2.05) is 0 Å². The van der Waals surface area contributed by atoms with Gasteiger partial charge in [0.25, 0.3) is 0 Å². The molecule has 0 fully saturated rings. The van der Waals surface area contributed by atoms with Gasteiger partial charge in [0.1, 0.15) is 0 Å². The summed E-state index contributed by atoms with van der Waals surface area (Å²) in [6.07, 6.45) is -1.75. The number of rotatable bonds is 5. The first kappa shape index (κ1) is 14.2. The van der Waals surface area contributed by atoms with Gasteiger partial charge in [-0.15, -0.1) is 11.6 Å². The Morgan fingerprint density at radius 2 is 2.11 bits per heavy atom. The van der Waals surface area contributed by atoms with Crippen molar-refractivity contribution in [2.45, 2.75) is 12.5 Å². The second-order valence-electron chi connectivity index (χ2n) is 3.62. The molecule has 94 valence electrons. The summed E-state index contributed by atoms with van der Waals surface area (Å²) in [4.78, 5) is 21.9. The van der Waals surface area contributed by atoms with Crippen molar-refractivity contribution >= 4 is 23.4 Å². The van der Waals surface area contributed by atoms with Crippen molar-refractivity contribution in [1.82, 2.24) is 0 Å². The summed E-state index contributed by atoms with van der Waals surface area (Å²) in [5, 5.41) is 27.0. The molecule has 5 nitrogen and oxygen atoms in total. The molecule has 0 aliphatic carbocycles. The lowest BCUT2D eigenvalue weighted by Crippen LogP contribution is -2.13. The van der Waals surface area contributed by atoms with Crippen LogP contribution in [0.3, 0.4) is 0 Å². The molecule has 0 aromatic heterocycles. The zero-order chi connectivity index (χ0) is 13.7. The van der Waals surface area contributed by atoms with E-state index < -0.39 is 12.1 Å². The van der Waals surface area contributed by atoms with Gasteiger partial charge in [-0.1, -0.05) is 12.1 Å². The van der Waals surface area contributed by atoms with Crippen LogP contribution >= 0.6 is 11.6 Å². The number of alkyl halides is 1. The highest BCUT2D eigenvalue weighted by molar-refractivity contribution is 6.27. The first-order valence-electron chi connectivity index (χ1n) is 5.01. The fourth-order valence-electron chi connectivity index (χ4n) is 1.46. The average molecular weight is 268 g/mol. The van der Waals surface area contributed by atoms with Gasteiger partial charge >= 0.3 is 5.97 Å². The minimum absolute atomic E-state index is 0.0233. The van der Waals surface area contributed by atoms with Crippen LogP contribution in [0.5, 0.6) is 0 Å². The Kier molecular flexibility index (Phi) is 4.84. The summed E-state index contributed by atoms with van der Waals surface area (Å²) >= 11 is 5.37. The quantitative estimate of drug-likeness (QED) is 0.776. The highest BCUT2D eigenvalue weighted by Crippen LogP contribution is 2.20. The molecule has 1 unspecified atom stereocenters. The number of carboxylic acid groups (broad SMARTS) is 1. The number of halogens is 1. The Morgan fingerprint density at radius 1 is 1.44 bits per heavy atom. The van der Waals surface area contributed by atoms with E-state index in [2.05, 4.69) is 0 Å². The number of carboxylic acids is 1. The SMILES string of the molecule is N#Cc1ccc(CC(=O)CCl)cc1C(O)C(=O)O. The number of nitriles is 1. The van der Waals surface area contributed by atoms with Gasteiger partial charge in [0.05, 0.1) is 17.5 Å². The number of hydrogen-bond donors (Lipinski definition) is 2. The maximum atomic E-state index is 11.2. The first-order valence-corrected chi connectivity index (χ1v) is 5.54. The van der Waals surface area contributed by atoms with Crippen molar-refractivity contribution in [1.29, 1.82) is 5.26 Å². The van der Waals surface area contributed by atoms with Crippen LogP contribution in [0.2, 0.25) is 0 Å². The minimum atomic E-state index is -1.79. The smallest absolute Gasteiger partial charge is 0.337 e. The Hall–Kier alpha value is -1.90. The number of ketones is 1. The molecule has 2 N–H and O–H groups in total. The summed E-state index contributed by atoms with van der Waals surface area (Å²) in [6, 6.07) is 6.03. The van der Waals surface area contributed by atoms with E-state index in [-0.39, 0.29) is 29.2 Å². The van der Waals surface area contributed by atoms with Crippen molar-refractivity contribution < 1.29 is 19.8 Å². The lowest BCUT2D eigenvalue weighted by molar-refractivity contribution is -0.147. The first-order chi connectivity index (χ1) is 8.49. The molecule has 1 aromatic carbocycles. The van der Waals surface area contributed by atoms with Crippen LogP contribution in [0.25, 0.3) is 0 Å². The zero-order valence-corrected chi connectivity index (χ0v) is 10.0. The predicted octanol–water partition coefficient (Wildman–Crippen LogP) is 1.03. The number of nitrogens with zero attached hydrogens (tertiary/aromatic N) is 1. The van der Waals surface area contributed by atoms with Gasteiger partial charge in [-0.25, -0.2) is 4.79 Å². The molecule has 0 radical (unpaired) electrons. The Balaban J connectivity index is 3.14. The van der Waals surface area contributed by atoms with Crippen molar-refractivity contribution in [2.24, 2.45) is 0 Å². The molecule has 0 spiro atoms. The molecular formula is C12H10ClNO4. The van der Waals surface area contributed by atoms with Gasteiger partial charge in [-0.3, -0.25) is 4.79 Å². The lowest BCUT2D eigenvalue weighted by Gasteiger charge is -2.09. The number of hydrogen-bond acceptors (Lipinski definition) is 4. The number of aliphatic hydroxyl groups excluding tert-OH is 1. The fourth-order valence-corrected chi connectivity index (χ4v) is 1.55. The molecule has 0 aliphatic rings. The van der Waals surface area contributed by atoms with E-state index in [0.717, 1.165) is 0 Å². The van der Waals surface area contributed by atoms with Crippen molar-refractivity contribution in [3.63, 3.8) is 0 Å². The molecule has 1 aromatic rings. The van der Waals surface area contributed by atoms with E-state index >= 15 is 0 Å². The molecule has 18 heavy (non-hydrogen) atoms. The van der Waals surface area contributed by atoms with Crippen LogP contribution in [0.15, 0.2) is 18.2 Å². The Labute approximate surface area is 108 Å². The normalized spacial score (nSPS) is 11.6. The fraction of sp³-hybridized carbons (Fsp3) is 0.250. The molecular weight excluding hydrogens is 258 g/mol. The Morgan fingerprint density at radius 3 is 2.61 bits per heavy atom. The summed E-state index contributed by atoms with van der Waals surface area (Å²) < 4.78 is 0. The molecule has 0 saturated heterocycles. The third-order valence-electron chi connectivity index (χ3n) is 2.32. The van der Waals surface area contributed by atoms with Gasteiger partial charge < -0.3 is 10.2 Å². The molecule has 0 heterocycles. The van der Waals surface area contributed by atoms with Gasteiger partial charge in [0.2, 0.25) is 0 Å². The van der Waals surface area contributed by atoms with Crippen LogP contribution < -0.4 is 0 Å². The summed E-state index contributed by atoms with van der Waals surface area (Å²) in [6.45, 7) is 0. The van der Waals surface area contributed by atoms with Crippen LogP contribution in [-0.2, 0) is 16.0 Å². The second kappa shape index (κ2) is 6.15. The van der Waals surface area contributed by atoms with E-state index in [9.17, 15) is 14.7 Å². The van der Waals surface area contributed by atoms with Crippen molar-refractivity contribution in [3.05, 3.63) is 34.9 Å². The van der Waals surface area contributed by atoms with Crippen LogP contribution in [0.1, 0.15) is 22.8 Å². The minimum Gasteiger partial charge on any atom is -0.479 e. The number of aliphatic carboxylic acids is 1. The van der Waals surface area contributed by atoms with E-state index in [1.54, 1.807) is 6.07 Å². The number of carbonyl (C=O) groups excluding carboxylic acids is 1. The second-order valence-corrected chi connectivity index (χ2v) is 3.89. The van der Waals surface area contributed by atoms with Gasteiger partial charge in [-0.2, -0.15) is 5.26 Å². The summed E-state index contributed by atoms with van der Waals surface area (Å²) in [7, 11) is 0. The largest absolute Gasteiger partial charge is 0.479 e. The number of aliphatic hydroxyl groups is 1. The van der Waals surface area contributed by atoms with Gasteiger partial charge in [0.15, 0.2) is 11.9 Å². The lowest BCUT2D eigenvalue weighted by atomic mass is 9.98. The predicted molar refractivity (Wildman–Crippen MR) is 63.2 cm³/mol. The Bertz CT molecular complexity index is 521. The molecule has 0 aliphatic heterocycles. The third-order valence-corrected chi connectivity index (χ3v) is 2.61. The molecule has 0 bridgehead atoms. The average Bonchev–Trinajstić information content (AvgIpc) is 2.37. The molecule has 0 saturated carbocycles. The highest BCUT2D eigenvalue weighted by atomic mass is 35.5. The summed E-state index contributed by atoms with van der Waals surface area (Å²) in [5.74, 6) is -1.82. The highest BCUT2D eigenvalue weighted by Gasteiger charge is 2.20. The van der Waals surface area contributed by atoms with E-state index in [4.69, 9.17) is 22.0 Å². The number of benzene rings is 1. The van der Waals surface area contributed by atoms with Crippen molar-refractivity contribution in [3.8, 4) is 6.07 Å². The van der Waals surface area contributed by atoms with Crippen LogP contribution in [0.4, 0.5) is 0 Å². The van der Waals surface area contributed by atoms with E-state index in [0.29, 0.717) is 5.56 Å². The molecule has 0 amide bonds. The third kappa shape index (κ3) is 3.29. The van der Waals surface area contributed by atoms with Gasteiger partial charge in [0, 0.05) is 12.0 Å². The van der Waals surface area contributed by atoms with Crippen LogP contribution in [0, 0.1) is 11.3 Å². The van der Waals surface area contributed by atoms with Crippen LogP contribution in [-0.4, -0.2) is 27.8 Å². The molecule has 1 rings (SSSR count). The maximum absolute atomic E-state index is 11.2. The monoisotopic (exact) mass is 267 g/mol. The number of carbonyl (C=O) groups is 2. The number of Topliss-reactive ketones (excluding diaryl/α,β-unsaturated/α-hetero) is 1.